The zero-order valence-electron chi connectivity index (χ0n) is 15.6. The number of carboxylic acids is 1. The molecule has 148 valence electrons. The summed E-state index contributed by atoms with van der Waals surface area (Å²) < 4.78 is 6.18. The zero-order valence-corrected chi connectivity index (χ0v) is 15.6. The number of carbonyl (C=O) groups is 2. The number of amides is 1. The Bertz CT molecular complexity index is 1080. The topological polar surface area (TPSA) is 111 Å². The van der Waals surface area contributed by atoms with Gasteiger partial charge in [-0.3, -0.25) is 9.59 Å². The van der Waals surface area contributed by atoms with Gasteiger partial charge in [0.1, 0.15) is 12.3 Å². The van der Waals surface area contributed by atoms with E-state index in [0.29, 0.717) is 22.6 Å². The van der Waals surface area contributed by atoms with Gasteiger partial charge in [0.2, 0.25) is 5.91 Å². The minimum atomic E-state index is -1.22. The number of hydrogen-bond donors (Lipinski definition) is 2. The molecule has 29 heavy (non-hydrogen) atoms. The van der Waals surface area contributed by atoms with Crippen LogP contribution >= 0.6 is 0 Å². The third-order valence-electron chi connectivity index (χ3n) is 4.21. The molecule has 0 aliphatic carbocycles. The number of aliphatic carboxylic acids is 1. The minimum absolute atomic E-state index is 0.409. The average molecular weight is 393 g/mol. The fraction of sp³-hybridized carbons (Fsp3) is 0.143. The SMILES string of the molecule is COc1cccc(-c2ccc(=O)n(CC(=O)N[C@@H](C(=O)O)c3ccccc3)n2)c1. The van der Waals surface area contributed by atoms with Crippen LogP contribution in [0, 0.1) is 0 Å². The lowest BCUT2D eigenvalue weighted by molar-refractivity contribution is -0.142. The lowest BCUT2D eigenvalue weighted by Crippen LogP contribution is -2.38. The first kappa shape index (κ1) is 19.8. The molecule has 3 aromatic rings. The van der Waals surface area contributed by atoms with Crippen LogP contribution in [-0.4, -0.2) is 33.9 Å². The number of nitrogens with zero attached hydrogens (tertiary/aromatic N) is 2. The molecule has 0 bridgehead atoms. The van der Waals surface area contributed by atoms with E-state index in [9.17, 15) is 19.5 Å². The molecular weight excluding hydrogens is 374 g/mol. The Kier molecular flexibility index (Phi) is 6.03. The molecule has 8 nitrogen and oxygen atoms in total. The van der Waals surface area contributed by atoms with Crippen LogP contribution in [0.3, 0.4) is 0 Å². The number of benzene rings is 2. The Morgan fingerprint density at radius 2 is 1.86 bits per heavy atom. The number of hydrogen-bond acceptors (Lipinski definition) is 5. The van der Waals surface area contributed by atoms with E-state index in [4.69, 9.17) is 4.74 Å². The van der Waals surface area contributed by atoms with Crippen LogP contribution in [0.1, 0.15) is 11.6 Å². The molecule has 0 aliphatic rings. The van der Waals surface area contributed by atoms with E-state index in [1.807, 2.05) is 0 Å². The highest BCUT2D eigenvalue weighted by atomic mass is 16.5. The van der Waals surface area contributed by atoms with Crippen LogP contribution in [0.25, 0.3) is 11.3 Å². The predicted molar refractivity (Wildman–Crippen MR) is 105 cm³/mol. The molecule has 0 radical (unpaired) electrons. The van der Waals surface area contributed by atoms with E-state index in [1.165, 1.54) is 6.07 Å². The summed E-state index contributed by atoms with van der Waals surface area (Å²) in [7, 11) is 1.55. The number of carboxylic acid groups (broad SMARTS) is 1. The van der Waals surface area contributed by atoms with Gasteiger partial charge in [-0.1, -0.05) is 42.5 Å². The van der Waals surface area contributed by atoms with Gasteiger partial charge in [-0.15, -0.1) is 0 Å². The number of carbonyl (C=O) groups excluding carboxylic acids is 1. The van der Waals surface area contributed by atoms with Gasteiger partial charge in [-0.25, -0.2) is 9.48 Å². The molecule has 3 rings (SSSR count). The molecule has 1 aromatic heterocycles. The van der Waals surface area contributed by atoms with E-state index in [-0.39, 0.29) is 0 Å². The smallest absolute Gasteiger partial charge is 0.330 e. The van der Waals surface area contributed by atoms with Crippen molar-refractivity contribution < 1.29 is 19.4 Å². The van der Waals surface area contributed by atoms with Crippen LogP contribution in [0.4, 0.5) is 0 Å². The van der Waals surface area contributed by atoms with Gasteiger partial charge in [0.25, 0.3) is 5.56 Å². The molecule has 2 N–H and O–H groups in total. The second-order valence-electron chi connectivity index (χ2n) is 6.20. The minimum Gasteiger partial charge on any atom is -0.497 e. The Balaban J connectivity index is 1.81. The summed E-state index contributed by atoms with van der Waals surface area (Å²) in [5, 5.41) is 16.1. The third-order valence-corrected chi connectivity index (χ3v) is 4.21. The summed E-state index contributed by atoms with van der Waals surface area (Å²) in [6.07, 6.45) is 0. The van der Waals surface area contributed by atoms with E-state index in [2.05, 4.69) is 10.4 Å². The Hall–Kier alpha value is -3.94. The van der Waals surface area contributed by atoms with Crippen LogP contribution in [0.2, 0.25) is 0 Å². The second kappa shape index (κ2) is 8.83. The number of rotatable bonds is 7. The molecule has 0 saturated heterocycles. The summed E-state index contributed by atoms with van der Waals surface area (Å²) in [6, 6.07) is 17.1. The fourth-order valence-corrected chi connectivity index (χ4v) is 2.77. The number of methoxy groups -OCH3 is 1. The first-order chi connectivity index (χ1) is 14.0. The van der Waals surface area contributed by atoms with Crippen LogP contribution in [-0.2, 0) is 16.1 Å². The third kappa shape index (κ3) is 4.86. The Labute approximate surface area is 166 Å². The second-order valence-corrected chi connectivity index (χ2v) is 6.20. The molecule has 0 unspecified atom stereocenters. The number of nitrogens with one attached hydrogen (secondary N) is 1. The van der Waals surface area contributed by atoms with Gasteiger partial charge in [0, 0.05) is 11.6 Å². The molecule has 8 heteroatoms. The molecule has 1 atom stereocenters. The summed E-state index contributed by atoms with van der Waals surface area (Å²) in [6.45, 7) is -0.409. The molecule has 1 heterocycles. The van der Waals surface area contributed by atoms with E-state index in [0.717, 1.165) is 4.68 Å². The van der Waals surface area contributed by atoms with E-state index < -0.39 is 30.0 Å². The first-order valence-corrected chi connectivity index (χ1v) is 8.77. The zero-order chi connectivity index (χ0) is 20.8. The molecule has 0 aliphatic heterocycles. The lowest BCUT2D eigenvalue weighted by atomic mass is 10.1. The normalized spacial score (nSPS) is 11.5. The van der Waals surface area contributed by atoms with Gasteiger partial charge in [-0.05, 0) is 23.8 Å². The maximum atomic E-state index is 12.4. The summed E-state index contributed by atoms with van der Waals surface area (Å²) in [5.74, 6) is -1.21. The Morgan fingerprint density at radius 3 is 2.55 bits per heavy atom. The molecule has 1 amide bonds. The van der Waals surface area contributed by atoms with Crippen LogP contribution < -0.4 is 15.6 Å². The van der Waals surface area contributed by atoms with Gasteiger partial charge in [0.05, 0.1) is 12.8 Å². The maximum absolute atomic E-state index is 12.4. The van der Waals surface area contributed by atoms with Crippen molar-refractivity contribution in [2.75, 3.05) is 7.11 Å². The van der Waals surface area contributed by atoms with Crippen molar-refractivity contribution in [2.45, 2.75) is 12.6 Å². The largest absolute Gasteiger partial charge is 0.497 e. The standard InChI is InChI=1S/C21H19N3O5/c1-29-16-9-5-8-15(12-16)17-10-11-19(26)24(23-17)13-18(25)22-20(21(27)28)14-6-3-2-4-7-14/h2-12,20H,13H2,1H3,(H,22,25)(H,27,28)/t20-/m1/s1. The van der Waals surface area contributed by atoms with Crippen LogP contribution in [0.5, 0.6) is 5.75 Å². The summed E-state index contributed by atoms with van der Waals surface area (Å²) >= 11 is 0. The summed E-state index contributed by atoms with van der Waals surface area (Å²) in [5.41, 5.74) is 1.15. The van der Waals surface area contributed by atoms with Gasteiger partial charge < -0.3 is 15.2 Å². The maximum Gasteiger partial charge on any atom is 0.330 e. The number of aromatic nitrogens is 2. The van der Waals surface area contributed by atoms with Gasteiger partial charge in [-0.2, -0.15) is 5.10 Å². The average Bonchev–Trinajstić information content (AvgIpc) is 2.74. The van der Waals surface area contributed by atoms with Crippen molar-refractivity contribution >= 4 is 11.9 Å². The first-order valence-electron chi connectivity index (χ1n) is 8.77. The molecule has 0 spiro atoms. The lowest BCUT2D eigenvalue weighted by Gasteiger charge is -2.15. The molecule has 2 aromatic carbocycles. The van der Waals surface area contributed by atoms with E-state index in [1.54, 1.807) is 67.8 Å². The monoisotopic (exact) mass is 393 g/mol. The highest BCUT2D eigenvalue weighted by Crippen LogP contribution is 2.21. The molecule has 0 fully saturated rings. The van der Waals surface area contributed by atoms with Crippen molar-refractivity contribution in [1.29, 1.82) is 0 Å². The highest BCUT2D eigenvalue weighted by molar-refractivity contribution is 5.84. The highest BCUT2D eigenvalue weighted by Gasteiger charge is 2.22. The van der Waals surface area contributed by atoms with Crippen molar-refractivity contribution in [3.05, 3.63) is 82.6 Å². The van der Waals surface area contributed by atoms with Crippen molar-refractivity contribution in [3.63, 3.8) is 0 Å². The number of ether oxygens (including phenoxy) is 1. The van der Waals surface area contributed by atoms with Crippen molar-refractivity contribution in [1.82, 2.24) is 15.1 Å². The van der Waals surface area contributed by atoms with Crippen LogP contribution in [0.15, 0.2) is 71.5 Å². The van der Waals surface area contributed by atoms with Crippen molar-refractivity contribution in [3.8, 4) is 17.0 Å². The summed E-state index contributed by atoms with van der Waals surface area (Å²) in [4.78, 5) is 36.1. The van der Waals surface area contributed by atoms with Crippen molar-refractivity contribution in [2.24, 2.45) is 0 Å². The molecular formula is C21H19N3O5. The van der Waals surface area contributed by atoms with E-state index >= 15 is 0 Å². The van der Waals surface area contributed by atoms with Gasteiger partial charge in [0.15, 0.2) is 6.04 Å². The molecule has 0 saturated carbocycles. The predicted octanol–water partition coefficient (Wildman–Crippen LogP) is 1.86. The van der Waals surface area contributed by atoms with Gasteiger partial charge >= 0.3 is 5.97 Å². The fourth-order valence-electron chi connectivity index (χ4n) is 2.77. The Morgan fingerprint density at radius 1 is 1.10 bits per heavy atom. The quantitative estimate of drug-likeness (QED) is 0.634.